The zero-order chi connectivity index (χ0) is 12.0. The highest BCUT2D eigenvalue weighted by Crippen LogP contribution is 2.29. The summed E-state index contributed by atoms with van der Waals surface area (Å²) in [5.74, 6) is 1.07. The number of hydrogen-bond acceptors (Lipinski definition) is 3. The monoisotopic (exact) mass is 224 g/mol. The lowest BCUT2D eigenvalue weighted by Gasteiger charge is -2.25. The van der Waals surface area contributed by atoms with Gasteiger partial charge in [0.15, 0.2) is 0 Å². The number of carboxylic acid groups (broad SMARTS) is 1. The summed E-state index contributed by atoms with van der Waals surface area (Å²) in [6.07, 6.45) is 7.70. The molecule has 16 heavy (non-hydrogen) atoms. The fraction of sp³-hybridized carbons (Fsp3) is 0.636. The molecule has 5 heteroatoms. The van der Waals surface area contributed by atoms with Crippen LogP contribution in [0.15, 0.2) is 0 Å². The summed E-state index contributed by atoms with van der Waals surface area (Å²) in [5.41, 5.74) is -1.06. The number of hydrogen-bond donors (Lipinski definition) is 3. The molecule has 0 aromatic heterocycles. The summed E-state index contributed by atoms with van der Waals surface area (Å²) in [4.78, 5) is 22.6. The minimum absolute atomic E-state index is 0.0548. The van der Waals surface area contributed by atoms with E-state index in [-0.39, 0.29) is 12.5 Å². The van der Waals surface area contributed by atoms with Gasteiger partial charge in [-0.25, -0.2) is 4.79 Å². The molecule has 5 nitrogen and oxygen atoms in total. The van der Waals surface area contributed by atoms with Gasteiger partial charge >= 0.3 is 5.97 Å². The van der Waals surface area contributed by atoms with Crippen molar-refractivity contribution in [2.75, 3.05) is 13.1 Å². The van der Waals surface area contributed by atoms with E-state index in [1.54, 1.807) is 0 Å². The molecular weight excluding hydrogens is 208 g/mol. The van der Waals surface area contributed by atoms with Gasteiger partial charge in [0, 0.05) is 0 Å². The predicted octanol–water partition coefficient (Wildman–Crippen LogP) is -0.277. The molecule has 1 rings (SSSR count). The molecule has 0 saturated heterocycles. The molecule has 0 bridgehead atoms. The van der Waals surface area contributed by atoms with Crippen LogP contribution in [0, 0.1) is 12.3 Å². The Hall–Kier alpha value is -1.54. The summed E-state index contributed by atoms with van der Waals surface area (Å²) >= 11 is 0. The van der Waals surface area contributed by atoms with Crippen LogP contribution in [0.3, 0.4) is 0 Å². The highest BCUT2D eigenvalue weighted by molar-refractivity contribution is 5.88. The molecule has 1 amide bonds. The number of aliphatic carboxylic acids is 1. The summed E-state index contributed by atoms with van der Waals surface area (Å²) in [6.45, 7) is 0.354. The Balaban J connectivity index is 2.47. The van der Waals surface area contributed by atoms with Crippen molar-refractivity contribution in [1.82, 2.24) is 10.6 Å². The van der Waals surface area contributed by atoms with Crippen LogP contribution in [-0.2, 0) is 9.59 Å². The van der Waals surface area contributed by atoms with Crippen LogP contribution in [-0.4, -0.2) is 35.6 Å². The van der Waals surface area contributed by atoms with Gasteiger partial charge in [0.2, 0.25) is 5.91 Å². The maximum absolute atomic E-state index is 11.5. The Morgan fingerprint density at radius 2 is 2.00 bits per heavy atom. The van der Waals surface area contributed by atoms with Gasteiger partial charge in [-0.1, -0.05) is 18.8 Å². The third kappa shape index (κ3) is 2.97. The van der Waals surface area contributed by atoms with Gasteiger partial charge in [-0.15, -0.1) is 6.42 Å². The lowest BCUT2D eigenvalue weighted by molar-refractivity contribution is -0.147. The Bertz CT molecular complexity index is 314. The topological polar surface area (TPSA) is 78.4 Å². The standard InChI is InChI=1S/C11H16N2O3/c1-2-7-12-8-9(14)13-11(10(15)16)5-3-4-6-11/h1,12H,3-8H2,(H,13,14)(H,15,16). The van der Waals surface area contributed by atoms with Crippen LogP contribution < -0.4 is 10.6 Å². The van der Waals surface area contributed by atoms with Gasteiger partial charge in [0.1, 0.15) is 5.54 Å². The smallest absolute Gasteiger partial charge is 0.329 e. The molecule has 0 heterocycles. The molecule has 0 aromatic rings. The minimum Gasteiger partial charge on any atom is -0.480 e. The normalized spacial score (nSPS) is 17.7. The number of carbonyl (C=O) groups excluding carboxylic acids is 1. The third-order valence-corrected chi connectivity index (χ3v) is 2.76. The van der Waals surface area contributed by atoms with Crippen molar-refractivity contribution >= 4 is 11.9 Å². The maximum Gasteiger partial charge on any atom is 0.329 e. The van der Waals surface area contributed by atoms with Crippen molar-refractivity contribution in [3.63, 3.8) is 0 Å². The van der Waals surface area contributed by atoms with E-state index in [0.29, 0.717) is 19.4 Å². The van der Waals surface area contributed by atoms with E-state index in [4.69, 9.17) is 11.5 Å². The number of carboxylic acids is 1. The van der Waals surface area contributed by atoms with Crippen LogP contribution >= 0.6 is 0 Å². The molecule has 1 fully saturated rings. The van der Waals surface area contributed by atoms with Gasteiger partial charge in [0.05, 0.1) is 13.1 Å². The van der Waals surface area contributed by atoms with E-state index < -0.39 is 11.5 Å². The van der Waals surface area contributed by atoms with Crippen molar-refractivity contribution in [3.8, 4) is 12.3 Å². The SMILES string of the molecule is C#CCNCC(=O)NC1(C(=O)O)CCCC1. The van der Waals surface area contributed by atoms with Crippen LogP contribution in [0.25, 0.3) is 0 Å². The second-order valence-corrected chi connectivity index (χ2v) is 3.95. The molecule has 3 N–H and O–H groups in total. The van der Waals surface area contributed by atoms with E-state index in [2.05, 4.69) is 16.6 Å². The molecule has 1 aliphatic carbocycles. The highest BCUT2D eigenvalue weighted by atomic mass is 16.4. The molecule has 0 aromatic carbocycles. The van der Waals surface area contributed by atoms with Crippen molar-refractivity contribution in [3.05, 3.63) is 0 Å². The summed E-state index contributed by atoms with van der Waals surface area (Å²) in [7, 11) is 0. The Labute approximate surface area is 94.6 Å². The summed E-state index contributed by atoms with van der Waals surface area (Å²) in [6, 6.07) is 0. The number of terminal acetylenes is 1. The quantitative estimate of drug-likeness (QED) is 0.443. The van der Waals surface area contributed by atoms with Gasteiger partial charge in [0.25, 0.3) is 0 Å². The Morgan fingerprint density at radius 3 is 2.50 bits per heavy atom. The lowest BCUT2D eigenvalue weighted by atomic mass is 9.98. The second-order valence-electron chi connectivity index (χ2n) is 3.95. The molecule has 1 saturated carbocycles. The summed E-state index contributed by atoms with van der Waals surface area (Å²) in [5, 5.41) is 14.4. The molecule has 0 radical (unpaired) electrons. The van der Waals surface area contributed by atoms with E-state index in [0.717, 1.165) is 12.8 Å². The fourth-order valence-electron chi connectivity index (χ4n) is 1.93. The van der Waals surface area contributed by atoms with Crippen molar-refractivity contribution in [1.29, 1.82) is 0 Å². The number of nitrogens with one attached hydrogen (secondary N) is 2. The number of carbonyl (C=O) groups is 2. The highest BCUT2D eigenvalue weighted by Gasteiger charge is 2.42. The van der Waals surface area contributed by atoms with Crippen molar-refractivity contribution < 1.29 is 14.7 Å². The van der Waals surface area contributed by atoms with Crippen LogP contribution in [0.4, 0.5) is 0 Å². The maximum atomic E-state index is 11.5. The molecule has 88 valence electrons. The average Bonchev–Trinajstić information content (AvgIpc) is 2.68. The van der Waals surface area contributed by atoms with Crippen molar-refractivity contribution in [2.24, 2.45) is 0 Å². The van der Waals surface area contributed by atoms with Crippen LogP contribution in [0.1, 0.15) is 25.7 Å². The van der Waals surface area contributed by atoms with Gasteiger partial charge in [-0.2, -0.15) is 0 Å². The largest absolute Gasteiger partial charge is 0.480 e. The lowest BCUT2D eigenvalue weighted by Crippen LogP contribution is -2.54. The number of rotatable bonds is 5. The van der Waals surface area contributed by atoms with Gasteiger partial charge < -0.3 is 10.4 Å². The average molecular weight is 224 g/mol. The second kappa shape index (κ2) is 5.52. The molecule has 1 aliphatic rings. The minimum atomic E-state index is -1.06. The molecule has 0 spiro atoms. The van der Waals surface area contributed by atoms with Crippen LogP contribution in [0.5, 0.6) is 0 Å². The van der Waals surface area contributed by atoms with E-state index in [1.165, 1.54) is 0 Å². The van der Waals surface area contributed by atoms with E-state index in [9.17, 15) is 9.59 Å². The summed E-state index contributed by atoms with van der Waals surface area (Å²) < 4.78 is 0. The molecule has 0 aliphatic heterocycles. The third-order valence-electron chi connectivity index (χ3n) is 2.76. The van der Waals surface area contributed by atoms with Crippen molar-refractivity contribution in [2.45, 2.75) is 31.2 Å². The first kappa shape index (κ1) is 12.5. The van der Waals surface area contributed by atoms with E-state index >= 15 is 0 Å². The first-order chi connectivity index (χ1) is 7.60. The first-order valence-corrected chi connectivity index (χ1v) is 5.29. The van der Waals surface area contributed by atoms with E-state index in [1.807, 2.05) is 0 Å². The zero-order valence-corrected chi connectivity index (χ0v) is 9.08. The Morgan fingerprint density at radius 1 is 1.38 bits per heavy atom. The van der Waals surface area contributed by atoms with Crippen LogP contribution in [0.2, 0.25) is 0 Å². The fourth-order valence-corrected chi connectivity index (χ4v) is 1.93. The predicted molar refractivity (Wildman–Crippen MR) is 58.7 cm³/mol. The first-order valence-electron chi connectivity index (χ1n) is 5.29. The van der Waals surface area contributed by atoms with Gasteiger partial charge in [-0.05, 0) is 12.8 Å². The Kier molecular flexibility index (Phi) is 4.32. The molecule has 0 atom stereocenters. The number of amides is 1. The zero-order valence-electron chi connectivity index (χ0n) is 9.08. The molecular formula is C11H16N2O3. The van der Waals surface area contributed by atoms with Gasteiger partial charge in [-0.3, -0.25) is 10.1 Å². The molecule has 0 unspecified atom stereocenters.